The van der Waals surface area contributed by atoms with Crippen LogP contribution in [0.15, 0.2) is 0 Å². The molecule has 0 aliphatic carbocycles. The fourth-order valence-corrected chi connectivity index (χ4v) is 0.269. The summed E-state index contributed by atoms with van der Waals surface area (Å²) in [5.74, 6) is 0. The molecular formula is C5H12NO. The third-order valence-electron chi connectivity index (χ3n) is 0.520. The van der Waals surface area contributed by atoms with Crippen LogP contribution in [0, 0.1) is 6.61 Å². The zero-order valence-corrected chi connectivity index (χ0v) is 4.68. The van der Waals surface area contributed by atoms with Crippen molar-refractivity contribution in [1.29, 1.82) is 0 Å². The Morgan fingerprint density at radius 3 is 2.86 bits per heavy atom. The summed E-state index contributed by atoms with van der Waals surface area (Å²) >= 11 is 0. The van der Waals surface area contributed by atoms with E-state index in [4.69, 9.17) is 10.5 Å². The second-order valence-electron chi connectivity index (χ2n) is 1.23. The lowest BCUT2D eigenvalue weighted by Gasteiger charge is -1.94. The van der Waals surface area contributed by atoms with E-state index in [9.17, 15) is 0 Å². The Hall–Kier alpha value is -0.0800. The molecule has 1 radical (unpaired) electrons. The van der Waals surface area contributed by atoms with E-state index < -0.39 is 0 Å². The molecular weight excluding hydrogens is 90.1 g/mol. The molecule has 0 bridgehead atoms. The van der Waals surface area contributed by atoms with Gasteiger partial charge in [0.1, 0.15) is 0 Å². The maximum Gasteiger partial charge on any atom is 0.0834 e. The van der Waals surface area contributed by atoms with Gasteiger partial charge in [-0.15, -0.1) is 0 Å². The minimum Gasteiger partial charge on any atom is -0.374 e. The fraction of sp³-hybridized carbons (Fsp3) is 0.800. The van der Waals surface area contributed by atoms with Gasteiger partial charge in [-0.05, 0) is 6.42 Å². The standard InChI is InChI=1S/C5H12NO/c1-2-4-7-5-3-6/h4H,2-3,5-6H2,1H3. The van der Waals surface area contributed by atoms with Gasteiger partial charge in [0.15, 0.2) is 0 Å². The second kappa shape index (κ2) is 5.92. The Balaban J connectivity index is 2.45. The second-order valence-corrected chi connectivity index (χ2v) is 1.23. The van der Waals surface area contributed by atoms with Crippen molar-refractivity contribution in [2.75, 3.05) is 13.2 Å². The van der Waals surface area contributed by atoms with Crippen LogP contribution in [0.2, 0.25) is 0 Å². The van der Waals surface area contributed by atoms with Crippen LogP contribution in [0.25, 0.3) is 0 Å². The van der Waals surface area contributed by atoms with Crippen LogP contribution in [0.1, 0.15) is 13.3 Å². The monoisotopic (exact) mass is 102 g/mol. The molecule has 2 nitrogen and oxygen atoms in total. The Morgan fingerprint density at radius 2 is 2.43 bits per heavy atom. The minimum atomic E-state index is 0.608. The molecule has 2 N–H and O–H groups in total. The average molecular weight is 102 g/mol. The summed E-state index contributed by atoms with van der Waals surface area (Å²) in [5, 5.41) is 0. The van der Waals surface area contributed by atoms with Crippen LogP contribution < -0.4 is 5.73 Å². The lowest BCUT2D eigenvalue weighted by molar-refractivity contribution is 0.203. The molecule has 43 valence electrons. The zero-order valence-electron chi connectivity index (χ0n) is 4.68. The van der Waals surface area contributed by atoms with Crippen LogP contribution in [0.3, 0.4) is 0 Å². The highest BCUT2D eigenvalue weighted by molar-refractivity contribution is 4.43. The number of ether oxygens (including phenoxy) is 1. The predicted molar refractivity (Wildman–Crippen MR) is 29.6 cm³/mol. The first-order valence-electron chi connectivity index (χ1n) is 2.55. The molecule has 0 amide bonds. The van der Waals surface area contributed by atoms with E-state index in [0.717, 1.165) is 6.42 Å². The van der Waals surface area contributed by atoms with Crippen LogP contribution in [-0.4, -0.2) is 13.2 Å². The Kier molecular flexibility index (Phi) is 5.85. The summed E-state index contributed by atoms with van der Waals surface area (Å²) in [4.78, 5) is 0. The van der Waals surface area contributed by atoms with Crippen molar-refractivity contribution in [1.82, 2.24) is 0 Å². The van der Waals surface area contributed by atoms with Gasteiger partial charge in [0.2, 0.25) is 0 Å². The molecule has 0 aromatic carbocycles. The summed E-state index contributed by atoms with van der Waals surface area (Å²) in [6.07, 6.45) is 0.958. The quantitative estimate of drug-likeness (QED) is 0.525. The number of rotatable bonds is 4. The van der Waals surface area contributed by atoms with Crippen molar-refractivity contribution in [3.05, 3.63) is 6.61 Å². The van der Waals surface area contributed by atoms with Crippen molar-refractivity contribution in [3.8, 4) is 0 Å². The molecule has 0 atom stereocenters. The summed E-state index contributed by atoms with van der Waals surface area (Å²) in [6.45, 7) is 5.04. The van der Waals surface area contributed by atoms with E-state index in [-0.39, 0.29) is 0 Å². The molecule has 0 aromatic heterocycles. The van der Waals surface area contributed by atoms with E-state index in [2.05, 4.69) is 0 Å². The van der Waals surface area contributed by atoms with Crippen LogP contribution >= 0.6 is 0 Å². The molecule has 0 spiro atoms. The van der Waals surface area contributed by atoms with Crippen molar-refractivity contribution in [2.45, 2.75) is 13.3 Å². The van der Waals surface area contributed by atoms with E-state index in [1.165, 1.54) is 0 Å². The van der Waals surface area contributed by atoms with Gasteiger partial charge in [0.05, 0.1) is 13.2 Å². The predicted octanol–water partition coefficient (Wildman–Crippen LogP) is 0.533. The minimum absolute atomic E-state index is 0.608. The number of hydrogen-bond donors (Lipinski definition) is 1. The van der Waals surface area contributed by atoms with Crippen molar-refractivity contribution >= 4 is 0 Å². The average Bonchev–Trinajstić information content (AvgIpc) is 1.69. The molecule has 2 heteroatoms. The molecule has 0 aliphatic rings. The Labute approximate surface area is 44.7 Å². The molecule has 0 unspecified atom stereocenters. The van der Waals surface area contributed by atoms with Crippen molar-refractivity contribution < 1.29 is 4.74 Å². The Morgan fingerprint density at radius 1 is 1.71 bits per heavy atom. The number of nitrogens with two attached hydrogens (primary N) is 1. The lowest BCUT2D eigenvalue weighted by atomic mass is 10.5. The third kappa shape index (κ3) is 5.92. The smallest absolute Gasteiger partial charge is 0.0834 e. The summed E-state index contributed by atoms with van der Waals surface area (Å²) < 4.78 is 4.88. The highest BCUT2D eigenvalue weighted by atomic mass is 16.5. The van der Waals surface area contributed by atoms with E-state index in [1.807, 2.05) is 6.92 Å². The van der Waals surface area contributed by atoms with Crippen molar-refractivity contribution in [3.63, 3.8) is 0 Å². The van der Waals surface area contributed by atoms with E-state index in [1.54, 1.807) is 6.61 Å². The normalized spacial score (nSPS) is 9.43. The van der Waals surface area contributed by atoms with Gasteiger partial charge in [-0.1, -0.05) is 6.92 Å². The molecule has 0 fully saturated rings. The lowest BCUT2D eigenvalue weighted by Crippen LogP contribution is -2.06. The molecule has 7 heavy (non-hydrogen) atoms. The SMILES string of the molecule is CC[CH]OCCN. The Bertz CT molecular complexity index is 27.3. The molecule has 0 aliphatic heterocycles. The van der Waals surface area contributed by atoms with Crippen LogP contribution in [0.4, 0.5) is 0 Å². The maximum atomic E-state index is 5.12. The first-order valence-corrected chi connectivity index (χ1v) is 2.55. The third-order valence-corrected chi connectivity index (χ3v) is 0.520. The molecule has 0 rings (SSSR count). The summed E-state index contributed by atoms with van der Waals surface area (Å²) in [7, 11) is 0. The number of hydrogen-bond acceptors (Lipinski definition) is 2. The van der Waals surface area contributed by atoms with Gasteiger partial charge >= 0.3 is 0 Å². The first-order chi connectivity index (χ1) is 3.41. The molecule has 0 saturated heterocycles. The van der Waals surface area contributed by atoms with Crippen LogP contribution in [0.5, 0.6) is 0 Å². The van der Waals surface area contributed by atoms with E-state index >= 15 is 0 Å². The van der Waals surface area contributed by atoms with E-state index in [0.29, 0.717) is 13.2 Å². The van der Waals surface area contributed by atoms with Gasteiger partial charge in [-0.2, -0.15) is 0 Å². The highest BCUT2D eigenvalue weighted by Gasteiger charge is 1.79. The summed E-state index contributed by atoms with van der Waals surface area (Å²) in [5.41, 5.74) is 5.12. The fourth-order valence-electron chi connectivity index (χ4n) is 0.269. The summed E-state index contributed by atoms with van der Waals surface area (Å²) in [6, 6.07) is 0. The molecule has 0 saturated carbocycles. The van der Waals surface area contributed by atoms with Gasteiger partial charge in [-0.25, -0.2) is 0 Å². The largest absolute Gasteiger partial charge is 0.374 e. The highest BCUT2D eigenvalue weighted by Crippen LogP contribution is 1.83. The first kappa shape index (κ1) is 6.92. The molecule has 0 aromatic rings. The maximum absolute atomic E-state index is 5.12. The van der Waals surface area contributed by atoms with Gasteiger partial charge in [0, 0.05) is 6.54 Å². The van der Waals surface area contributed by atoms with Gasteiger partial charge in [-0.3, -0.25) is 0 Å². The van der Waals surface area contributed by atoms with Crippen LogP contribution in [-0.2, 0) is 4.74 Å². The van der Waals surface area contributed by atoms with Gasteiger partial charge in [0.25, 0.3) is 0 Å². The van der Waals surface area contributed by atoms with Crippen molar-refractivity contribution in [2.24, 2.45) is 5.73 Å². The zero-order chi connectivity index (χ0) is 5.54. The van der Waals surface area contributed by atoms with Gasteiger partial charge < -0.3 is 10.5 Å². The topological polar surface area (TPSA) is 35.2 Å². The molecule has 0 heterocycles.